The summed E-state index contributed by atoms with van der Waals surface area (Å²) in [6, 6.07) is 0. The van der Waals surface area contributed by atoms with Gasteiger partial charge in [0.05, 0.1) is 16.9 Å². The van der Waals surface area contributed by atoms with Gasteiger partial charge in [0.2, 0.25) is 0 Å². The van der Waals surface area contributed by atoms with Crippen LogP contribution in [0.3, 0.4) is 0 Å². The molecule has 16 heavy (non-hydrogen) atoms. The summed E-state index contributed by atoms with van der Waals surface area (Å²) in [6.45, 7) is 2.23. The first kappa shape index (κ1) is 11.7. The van der Waals surface area contributed by atoms with Crippen molar-refractivity contribution < 1.29 is 0 Å². The summed E-state index contributed by atoms with van der Waals surface area (Å²) in [5, 5.41) is 5.14. The first-order chi connectivity index (χ1) is 7.78. The zero-order valence-corrected chi connectivity index (χ0v) is 10.7. The lowest BCUT2D eigenvalue weighted by atomic mass is 10.4. The molecule has 0 aliphatic rings. The molecule has 2 rings (SSSR count). The smallest absolute Gasteiger partial charge is 0.106 e. The highest BCUT2D eigenvalue weighted by atomic mass is 32.1. The SMILES string of the molecule is CN(Cc1cscn1)Cc1csc(CN)n1. The predicted octanol–water partition coefficient (Wildman–Crippen LogP) is 1.69. The Balaban J connectivity index is 1.89. The summed E-state index contributed by atoms with van der Waals surface area (Å²) in [5.74, 6) is 0. The van der Waals surface area contributed by atoms with Gasteiger partial charge in [-0.2, -0.15) is 0 Å². The third kappa shape index (κ3) is 3.08. The van der Waals surface area contributed by atoms with Crippen LogP contribution < -0.4 is 5.73 Å². The molecule has 0 aliphatic carbocycles. The van der Waals surface area contributed by atoms with Gasteiger partial charge in [-0.1, -0.05) is 0 Å². The number of hydrogen-bond acceptors (Lipinski definition) is 6. The van der Waals surface area contributed by atoms with Crippen molar-refractivity contribution in [2.45, 2.75) is 19.6 Å². The Morgan fingerprint density at radius 3 is 2.75 bits per heavy atom. The molecule has 86 valence electrons. The lowest BCUT2D eigenvalue weighted by molar-refractivity contribution is 0.312. The molecular formula is C10H14N4S2. The molecule has 2 aromatic rings. The van der Waals surface area contributed by atoms with Gasteiger partial charge in [-0.25, -0.2) is 9.97 Å². The Bertz CT molecular complexity index is 424. The molecule has 6 heteroatoms. The molecule has 2 heterocycles. The van der Waals surface area contributed by atoms with Crippen LogP contribution in [0.15, 0.2) is 16.3 Å². The normalized spacial score (nSPS) is 11.2. The summed E-state index contributed by atoms with van der Waals surface area (Å²) < 4.78 is 0. The maximum atomic E-state index is 5.53. The van der Waals surface area contributed by atoms with Gasteiger partial charge in [0.25, 0.3) is 0 Å². The standard InChI is InChI=1S/C10H14N4S2/c1-14(3-8-5-15-7-12-8)4-9-6-16-10(2-11)13-9/h5-7H,2-4,11H2,1H3. The minimum Gasteiger partial charge on any atom is -0.325 e. The van der Waals surface area contributed by atoms with Crippen LogP contribution in [0.1, 0.15) is 16.4 Å². The Labute approximate surface area is 103 Å². The molecule has 0 radical (unpaired) electrons. The molecule has 0 aromatic carbocycles. The van der Waals surface area contributed by atoms with Crippen LogP contribution in [-0.2, 0) is 19.6 Å². The summed E-state index contributed by atoms with van der Waals surface area (Å²) in [6.07, 6.45) is 0. The Hall–Kier alpha value is -0.820. The van der Waals surface area contributed by atoms with Gasteiger partial charge >= 0.3 is 0 Å². The summed E-state index contributed by atoms with van der Waals surface area (Å²) in [5.41, 5.74) is 9.59. The molecule has 2 N–H and O–H groups in total. The van der Waals surface area contributed by atoms with Crippen LogP contribution in [0.5, 0.6) is 0 Å². The van der Waals surface area contributed by atoms with Gasteiger partial charge in [-0.05, 0) is 7.05 Å². The fraction of sp³-hybridized carbons (Fsp3) is 0.400. The van der Waals surface area contributed by atoms with E-state index in [1.165, 1.54) is 0 Å². The molecule has 0 amide bonds. The molecule has 0 atom stereocenters. The van der Waals surface area contributed by atoms with E-state index >= 15 is 0 Å². The maximum absolute atomic E-state index is 5.53. The van der Waals surface area contributed by atoms with Crippen molar-refractivity contribution in [3.05, 3.63) is 32.7 Å². The minimum atomic E-state index is 0.528. The fourth-order valence-corrected chi connectivity index (χ4v) is 2.65. The Morgan fingerprint density at radius 1 is 1.31 bits per heavy atom. The molecule has 0 spiro atoms. The van der Waals surface area contributed by atoms with Crippen molar-refractivity contribution >= 4 is 22.7 Å². The molecule has 4 nitrogen and oxygen atoms in total. The monoisotopic (exact) mass is 254 g/mol. The zero-order valence-electron chi connectivity index (χ0n) is 9.09. The first-order valence-corrected chi connectivity index (χ1v) is 6.79. The number of nitrogens with zero attached hydrogens (tertiary/aromatic N) is 3. The highest BCUT2D eigenvalue weighted by molar-refractivity contribution is 7.09. The number of rotatable bonds is 5. The van der Waals surface area contributed by atoms with Crippen molar-refractivity contribution in [2.24, 2.45) is 5.73 Å². The molecule has 0 saturated heterocycles. The van der Waals surface area contributed by atoms with E-state index in [0.717, 1.165) is 29.5 Å². The highest BCUT2D eigenvalue weighted by Crippen LogP contribution is 2.12. The summed E-state index contributed by atoms with van der Waals surface area (Å²) in [4.78, 5) is 10.9. The van der Waals surface area contributed by atoms with Crippen molar-refractivity contribution in [1.82, 2.24) is 14.9 Å². The largest absolute Gasteiger partial charge is 0.325 e. The van der Waals surface area contributed by atoms with E-state index in [1.807, 2.05) is 5.51 Å². The summed E-state index contributed by atoms with van der Waals surface area (Å²) in [7, 11) is 2.07. The van der Waals surface area contributed by atoms with Crippen LogP contribution in [-0.4, -0.2) is 21.9 Å². The van der Waals surface area contributed by atoms with Crippen LogP contribution in [0, 0.1) is 0 Å². The van der Waals surface area contributed by atoms with Crippen LogP contribution >= 0.6 is 22.7 Å². The molecule has 0 fully saturated rings. The van der Waals surface area contributed by atoms with E-state index in [-0.39, 0.29) is 0 Å². The van der Waals surface area contributed by atoms with E-state index < -0.39 is 0 Å². The molecule has 0 unspecified atom stereocenters. The van der Waals surface area contributed by atoms with E-state index in [1.54, 1.807) is 22.7 Å². The number of thiazole rings is 2. The van der Waals surface area contributed by atoms with Crippen molar-refractivity contribution in [2.75, 3.05) is 7.05 Å². The van der Waals surface area contributed by atoms with Crippen LogP contribution in [0.2, 0.25) is 0 Å². The van der Waals surface area contributed by atoms with Gasteiger partial charge in [0, 0.05) is 30.4 Å². The Morgan fingerprint density at radius 2 is 2.12 bits per heavy atom. The average Bonchev–Trinajstić information content (AvgIpc) is 2.89. The van der Waals surface area contributed by atoms with E-state index in [2.05, 4.69) is 32.7 Å². The fourth-order valence-electron chi connectivity index (χ4n) is 1.44. The van der Waals surface area contributed by atoms with Crippen molar-refractivity contribution in [3.8, 4) is 0 Å². The van der Waals surface area contributed by atoms with E-state index in [0.29, 0.717) is 6.54 Å². The second-order valence-corrected chi connectivity index (χ2v) is 5.25. The topological polar surface area (TPSA) is 55.0 Å². The lowest BCUT2D eigenvalue weighted by Crippen LogP contribution is -2.17. The first-order valence-electron chi connectivity index (χ1n) is 4.97. The van der Waals surface area contributed by atoms with Crippen molar-refractivity contribution in [3.63, 3.8) is 0 Å². The second kappa shape index (κ2) is 5.49. The third-order valence-electron chi connectivity index (χ3n) is 2.12. The molecule has 0 aliphatic heterocycles. The molecule has 0 saturated carbocycles. The maximum Gasteiger partial charge on any atom is 0.106 e. The van der Waals surface area contributed by atoms with Crippen LogP contribution in [0.4, 0.5) is 0 Å². The molecular weight excluding hydrogens is 240 g/mol. The van der Waals surface area contributed by atoms with Crippen molar-refractivity contribution in [1.29, 1.82) is 0 Å². The molecule has 2 aromatic heterocycles. The highest BCUT2D eigenvalue weighted by Gasteiger charge is 2.06. The van der Waals surface area contributed by atoms with Gasteiger partial charge in [-0.3, -0.25) is 4.90 Å². The average molecular weight is 254 g/mol. The third-order valence-corrected chi connectivity index (χ3v) is 3.68. The Kier molecular flexibility index (Phi) is 4.00. The van der Waals surface area contributed by atoms with E-state index in [4.69, 9.17) is 5.73 Å². The van der Waals surface area contributed by atoms with Gasteiger partial charge < -0.3 is 5.73 Å². The quantitative estimate of drug-likeness (QED) is 0.882. The van der Waals surface area contributed by atoms with Gasteiger partial charge in [0.1, 0.15) is 5.01 Å². The summed E-state index contributed by atoms with van der Waals surface area (Å²) >= 11 is 3.25. The minimum absolute atomic E-state index is 0.528. The predicted molar refractivity (Wildman–Crippen MR) is 67.3 cm³/mol. The molecule has 0 bridgehead atoms. The number of nitrogens with two attached hydrogens (primary N) is 1. The van der Waals surface area contributed by atoms with Gasteiger partial charge in [-0.15, -0.1) is 22.7 Å². The lowest BCUT2D eigenvalue weighted by Gasteiger charge is -2.13. The number of aromatic nitrogens is 2. The van der Waals surface area contributed by atoms with E-state index in [9.17, 15) is 0 Å². The zero-order chi connectivity index (χ0) is 11.4. The van der Waals surface area contributed by atoms with Crippen LogP contribution in [0.25, 0.3) is 0 Å². The second-order valence-electron chi connectivity index (χ2n) is 3.59. The number of hydrogen-bond donors (Lipinski definition) is 1. The van der Waals surface area contributed by atoms with Gasteiger partial charge in [0.15, 0.2) is 0 Å².